The Kier molecular flexibility index (Phi) is 3.85. The predicted molar refractivity (Wildman–Crippen MR) is 68.5 cm³/mol. The lowest BCUT2D eigenvalue weighted by atomic mass is 10.2. The molecule has 2 atom stereocenters. The van der Waals surface area contributed by atoms with Gasteiger partial charge in [-0.15, -0.1) is 0 Å². The number of hydrogen-bond acceptors (Lipinski definition) is 3. The quantitative estimate of drug-likeness (QED) is 0.788. The first-order valence-corrected chi connectivity index (χ1v) is 6.49. The van der Waals surface area contributed by atoms with Crippen molar-refractivity contribution in [1.82, 2.24) is 0 Å². The largest absolute Gasteiger partial charge is 0.332 e. The molecule has 2 rings (SSSR count). The second-order valence-electron chi connectivity index (χ2n) is 4.32. The molecule has 2 nitrogen and oxygen atoms in total. The lowest BCUT2D eigenvalue weighted by Crippen LogP contribution is -2.23. The normalized spacial score (nSPS) is 23.7. The van der Waals surface area contributed by atoms with Gasteiger partial charge in [0.25, 0.3) is 0 Å². The van der Waals surface area contributed by atoms with Crippen LogP contribution in [0.15, 0.2) is 17.1 Å². The molecule has 0 bridgehead atoms. The van der Waals surface area contributed by atoms with Gasteiger partial charge in [-0.2, -0.15) is 0 Å². The second kappa shape index (κ2) is 5.22. The van der Waals surface area contributed by atoms with Crippen LogP contribution in [0.25, 0.3) is 0 Å². The van der Waals surface area contributed by atoms with Gasteiger partial charge in [0.15, 0.2) is 16.8 Å². The van der Waals surface area contributed by atoms with E-state index >= 15 is 0 Å². The molecule has 0 saturated heterocycles. The van der Waals surface area contributed by atoms with Crippen LogP contribution in [-0.2, 0) is 0 Å². The van der Waals surface area contributed by atoms with Gasteiger partial charge < -0.3 is 5.32 Å². The Labute approximate surface area is 108 Å². The summed E-state index contributed by atoms with van der Waals surface area (Å²) in [5, 5.41) is 3.48. The van der Waals surface area contributed by atoms with Crippen molar-refractivity contribution in [2.45, 2.75) is 31.6 Å². The smallest absolute Gasteiger partial charge is 0.182 e. The van der Waals surface area contributed by atoms with Gasteiger partial charge in [0.2, 0.25) is 0 Å². The maximum Gasteiger partial charge on any atom is 0.182 e. The number of aliphatic imine (C=N–C) groups is 1. The summed E-state index contributed by atoms with van der Waals surface area (Å²) >= 11 is 1.43. The Morgan fingerprint density at radius 2 is 2.00 bits per heavy atom. The number of anilines is 1. The van der Waals surface area contributed by atoms with E-state index in [-0.39, 0.29) is 11.7 Å². The van der Waals surface area contributed by atoms with Crippen molar-refractivity contribution in [3.05, 3.63) is 29.6 Å². The fourth-order valence-corrected chi connectivity index (χ4v) is 2.99. The van der Waals surface area contributed by atoms with Crippen LogP contribution in [0.5, 0.6) is 0 Å². The fraction of sp³-hybridized carbons (Fsp3) is 0.417. The van der Waals surface area contributed by atoms with Crippen LogP contribution in [0.4, 0.5) is 18.9 Å². The van der Waals surface area contributed by atoms with Gasteiger partial charge in [0.05, 0.1) is 11.7 Å². The lowest BCUT2D eigenvalue weighted by Gasteiger charge is -2.23. The van der Waals surface area contributed by atoms with Crippen molar-refractivity contribution in [3.8, 4) is 0 Å². The highest BCUT2D eigenvalue weighted by molar-refractivity contribution is 8.14. The van der Waals surface area contributed by atoms with E-state index < -0.39 is 17.5 Å². The Morgan fingerprint density at radius 3 is 2.67 bits per heavy atom. The molecule has 1 N–H and O–H groups in total. The van der Waals surface area contributed by atoms with Gasteiger partial charge in [-0.3, -0.25) is 4.99 Å². The van der Waals surface area contributed by atoms with Gasteiger partial charge in [-0.25, -0.2) is 13.2 Å². The van der Waals surface area contributed by atoms with E-state index in [2.05, 4.69) is 10.3 Å². The van der Waals surface area contributed by atoms with Crippen LogP contribution in [0.3, 0.4) is 0 Å². The monoisotopic (exact) mass is 274 g/mol. The molecule has 1 aliphatic heterocycles. The van der Waals surface area contributed by atoms with Crippen molar-refractivity contribution < 1.29 is 13.2 Å². The summed E-state index contributed by atoms with van der Waals surface area (Å²) in [7, 11) is 0. The highest BCUT2D eigenvalue weighted by atomic mass is 32.2. The van der Waals surface area contributed by atoms with E-state index in [9.17, 15) is 13.2 Å². The third kappa shape index (κ3) is 2.98. The van der Waals surface area contributed by atoms with E-state index in [0.29, 0.717) is 16.5 Å². The minimum Gasteiger partial charge on any atom is -0.332 e. The molecule has 6 heteroatoms. The van der Waals surface area contributed by atoms with Gasteiger partial charge >= 0.3 is 0 Å². The average Bonchev–Trinajstić information content (AvgIpc) is 2.23. The Balaban J connectivity index is 2.24. The summed E-state index contributed by atoms with van der Waals surface area (Å²) < 4.78 is 39.5. The summed E-state index contributed by atoms with van der Waals surface area (Å²) in [5.41, 5.74) is -0.222. The molecule has 98 valence electrons. The molecule has 0 aromatic heterocycles. The standard InChI is InChI=1S/C12H13F3N2S/c1-6-3-7(2)18-12(16-6)17-10-5-8(13)4-9(14)11(10)15/h4-7H,3H2,1-2H3,(H,16,17). The van der Waals surface area contributed by atoms with Crippen molar-refractivity contribution in [1.29, 1.82) is 0 Å². The van der Waals surface area contributed by atoms with Gasteiger partial charge in [-0.05, 0) is 13.3 Å². The molecule has 0 saturated carbocycles. The molecule has 2 unspecified atom stereocenters. The van der Waals surface area contributed by atoms with E-state index in [1.807, 2.05) is 13.8 Å². The van der Waals surface area contributed by atoms with Crippen LogP contribution in [-0.4, -0.2) is 16.5 Å². The minimum atomic E-state index is -1.21. The fourth-order valence-electron chi connectivity index (χ4n) is 1.83. The van der Waals surface area contributed by atoms with Gasteiger partial charge in [0.1, 0.15) is 5.82 Å². The first-order valence-electron chi connectivity index (χ1n) is 5.61. The van der Waals surface area contributed by atoms with Crippen molar-refractivity contribution in [2.75, 3.05) is 5.32 Å². The molecule has 1 aromatic rings. The molecule has 0 spiro atoms. The second-order valence-corrected chi connectivity index (χ2v) is 5.75. The van der Waals surface area contributed by atoms with Crippen molar-refractivity contribution >= 4 is 22.6 Å². The SMILES string of the molecule is CC1CC(C)SC(Nc2cc(F)cc(F)c2F)=N1. The summed E-state index contributed by atoms with van der Waals surface area (Å²) in [6.07, 6.45) is 0.926. The van der Waals surface area contributed by atoms with E-state index in [1.165, 1.54) is 11.8 Å². The Bertz CT molecular complexity index is 490. The molecule has 18 heavy (non-hydrogen) atoms. The molecule has 1 aliphatic rings. The molecule has 1 heterocycles. The molecular formula is C12H13F3N2S. The Morgan fingerprint density at radius 1 is 1.28 bits per heavy atom. The van der Waals surface area contributed by atoms with Crippen molar-refractivity contribution in [2.24, 2.45) is 4.99 Å². The summed E-state index contributed by atoms with van der Waals surface area (Å²) in [6, 6.07) is 1.55. The molecule has 0 aliphatic carbocycles. The first kappa shape index (κ1) is 13.3. The molecule has 0 fully saturated rings. The topological polar surface area (TPSA) is 24.4 Å². The molecule has 0 amide bonds. The predicted octanol–water partition coefficient (Wildman–Crippen LogP) is 3.79. The lowest BCUT2D eigenvalue weighted by molar-refractivity contribution is 0.498. The van der Waals surface area contributed by atoms with Crippen LogP contribution in [0, 0.1) is 17.5 Å². The molecule has 0 radical (unpaired) electrons. The maximum atomic E-state index is 13.5. The number of nitrogens with one attached hydrogen (secondary N) is 1. The number of halogens is 3. The number of nitrogens with zero attached hydrogens (tertiary/aromatic N) is 1. The number of thioether (sulfide) groups is 1. The highest BCUT2D eigenvalue weighted by Crippen LogP contribution is 2.27. The van der Waals surface area contributed by atoms with E-state index in [0.717, 1.165) is 12.5 Å². The average molecular weight is 274 g/mol. The minimum absolute atomic E-state index is 0.116. The third-order valence-electron chi connectivity index (χ3n) is 2.56. The number of amidine groups is 1. The number of hydrogen-bond donors (Lipinski definition) is 1. The summed E-state index contributed by atoms with van der Waals surface area (Å²) in [4.78, 5) is 4.29. The zero-order valence-corrected chi connectivity index (χ0v) is 10.8. The van der Waals surface area contributed by atoms with Crippen LogP contribution in [0.2, 0.25) is 0 Å². The number of rotatable bonds is 1. The van der Waals surface area contributed by atoms with Crippen LogP contribution >= 0.6 is 11.8 Å². The molecular weight excluding hydrogens is 261 g/mol. The summed E-state index contributed by atoms with van der Waals surface area (Å²) in [6.45, 7) is 3.97. The summed E-state index contributed by atoms with van der Waals surface area (Å²) in [5.74, 6) is -3.12. The van der Waals surface area contributed by atoms with E-state index in [4.69, 9.17) is 0 Å². The zero-order valence-electron chi connectivity index (χ0n) is 10.0. The van der Waals surface area contributed by atoms with Gasteiger partial charge in [-0.1, -0.05) is 18.7 Å². The van der Waals surface area contributed by atoms with E-state index in [1.54, 1.807) is 0 Å². The third-order valence-corrected chi connectivity index (χ3v) is 3.58. The maximum absolute atomic E-state index is 13.5. The van der Waals surface area contributed by atoms with Gasteiger partial charge in [0, 0.05) is 17.4 Å². The van der Waals surface area contributed by atoms with Crippen molar-refractivity contribution in [3.63, 3.8) is 0 Å². The molecule has 1 aromatic carbocycles. The highest BCUT2D eigenvalue weighted by Gasteiger charge is 2.20. The number of benzene rings is 1. The Hall–Kier alpha value is -1.17. The van der Waals surface area contributed by atoms with Crippen LogP contribution < -0.4 is 5.32 Å². The van der Waals surface area contributed by atoms with Crippen LogP contribution in [0.1, 0.15) is 20.3 Å². The first-order chi connectivity index (χ1) is 8.45. The zero-order chi connectivity index (χ0) is 13.3.